The largest absolute Gasteiger partial charge is 0.481 e. The molecule has 4 amide bonds. The van der Waals surface area contributed by atoms with Crippen LogP contribution in [-0.2, 0) is 90.2 Å². The highest BCUT2D eigenvalue weighted by Gasteiger charge is 2.45. The van der Waals surface area contributed by atoms with E-state index in [0.29, 0.717) is 217 Å². The molecule has 0 radical (unpaired) electrons. The van der Waals surface area contributed by atoms with E-state index in [4.69, 9.17) is 80.9 Å². The molecule has 73 heavy (non-hydrogen) atoms. The number of rotatable bonds is 53. The Morgan fingerprint density at radius 2 is 0.781 bits per heavy atom. The molecule has 1 saturated heterocycles. The number of carboxylic acid groups (broad SMARTS) is 1. The summed E-state index contributed by atoms with van der Waals surface area (Å²) in [6, 6.07) is 3.88. The van der Waals surface area contributed by atoms with E-state index >= 15 is 0 Å². The van der Waals surface area contributed by atoms with Crippen LogP contribution in [0.4, 0.5) is 5.69 Å². The minimum absolute atomic E-state index is 0.0133. The quantitative estimate of drug-likeness (QED) is 0.0582. The molecule has 1 unspecified atom stereocenters. The van der Waals surface area contributed by atoms with Crippen molar-refractivity contribution in [3.63, 3.8) is 0 Å². The first kappa shape index (κ1) is 63.4. The number of carbonyl (C=O) groups excluding carboxylic acids is 4. The maximum absolute atomic E-state index is 13.2. The van der Waals surface area contributed by atoms with Crippen LogP contribution in [0.1, 0.15) is 40.0 Å². The zero-order valence-corrected chi connectivity index (χ0v) is 42.2. The molecule has 0 saturated carbocycles. The van der Waals surface area contributed by atoms with Crippen molar-refractivity contribution in [2.45, 2.75) is 25.3 Å². The average Bonchev–Trinajstić information content (AvgIpc) is 3.63. The molecular weight excluding hydrogens is 971 g/mol. The Morgan fingerprint density at radius 1 is 0.466 bits per heavy atom. The number of hydrogen-bond donors (Lipinski definition) is 3. The summed E-state index contributed by atoms with van der Waals surface area (Å²) in [4.78, 5) is 61.3. The van der Waals surface area contributed by atoms with E-state index in [1.807, 2.05) is 0 Å². The van der Waals surface area contributed by atoms with E-state index in [1.165, 1.54) is 0 Å². The van der Waals surface area contributed by atoms with Crippen LogP contribution in [-0.4, -0.2) is 264 Å². The molecule has 0 aromatic heterocycles. The van der Waals surface area contributed by atoms with Crippen molar-refractivity contribution in [1.29, 1.82) is 0 Å². The summed E-state index contributed by atoms with van der Waals surface area (Å²) < 4.78 is 87.4. The lowest BCUT2D eigenvalue weighted by molar-refractivity contribution is -0.138. The summed E-state index contributed by atoms with van der Waals surface area (Å²) in [5.41, 5.74) is 0.887. The van der Waals surface area contributed by atoms with Crippen molar-refractivity contribution in [3.05, 3.63) is 29.3 Å². The zero-order valence-electron chi connectivity index (χ0n) is 42.2. The van der Waals surface area contributed by atoms with Crippen molar-refractivity contribution < 1.29 is 105 Å². The SMILES string of the molecule is O=C(O)CCOCCOCCOCCOCCOCCOCCOCCOCCOCCOCCOCCOCCOCCOCCOCCOCCNc1cccc2c1C(=O)N(C1CCC(=O)NC1=O)C2=O. The Kier molecular flexibility index (Phi) is 38.6. The van der Waals surface area contributed by atoms with Gasteiger partial charge in [-0.25, -0.2) is 0 Å². The van der Waals surface area contributed by atoms with Gasteiger partial charge in [-0.15, -0.1) is 0 Å². The molecule has 2 aliphatic heterocycles. The molecule has 2 heterocycles. The van der Waals surface area contributed by atoms with Gasteiger partial charge in [0.1, 0.15) is 6.04 Å². The van der Waals surface area contributed by atoms with Crippen LogP contribution in [0.5, 0.6) is 0 Å². The number of imide groups is 2. The van der Waals surface area contributed by atoms with Gasteiger partial charge in [0.05, 0.1) is 229 Å². The lowest BCUT2D eigenvalue weighted by Crippen LogP contribution is -2.54. The molecule has 3 rings (SSSR count). The summed E-state index contributed by atoms with van der Waals surface area (Å²) in [6.45, 7) is 14.2. The van der Waals surface area contributed by atoms with Gasteiger partial charge in [0.15, 0.2) is 0 Å². The van der Waals surface area contributed by atoms with Gasteiger partial charge in [-0.1, -0.05) is 6.07 Å². The number of benzene rings is 1. The molecule has 1 atom stereocenters. The van der Waals surface area contributed by atoms with Crippen molar-refractivity contribution in [2.24, 2.45) is 0 Å². The normalized spacial score (nSPS) is 14.6. The molecule has 1 aromatic carbocycles. The Morgan fingerprint density at radius 3 is 1.10 bits per heavy atom. The molecule has 418 valence electrons. The summed E-state index contributed by atoms with van der Waals surface area (Å²) in [5, 5.41) is 13.8. The Labute approximate surface area is 427 Å². The van der Waals surface area contributed by atoms with Gasteiger partial charge in [-0.2, -0.15) is 0 Å². The number of hydrogen-bond acceptors (Lipinski definition) is 22. The second kappa shape index (κ2) is 44.4. The summed E-state index contributed by atoms with van der Waals surface area (Å²) in [5.74, 6) is -3.07. The third-order valence-electron chi connectivity index (χ3n) is 10.1. The van der Waals surface area contributed by atoms with Gasteiger partial charge in [-0.05, 0) is 18.6 Å². The van der Waals surface area contributed by atoms with Crippen LogP contribution < -0.4 is 10.6 Å². The number of piperidine rings is 1. The number of anilines is 1. The average molecular weight is 1050 g/mol. The number of amides is 4. The van der Waals surface area contributed by atoms with Gasteiger partial charge < -0.3 is 86.2 Å². The van der Waals surface area contributed by atoms with Gasteiger partial charge in [-0.3, -0.25) is 34.2 Å². The Bertz CT molecular complexity index is 1610. The number of carbonyl (C=O) groups is 5. The highest BCUT2D eigenvalue weighted by atomic mass is 16.6. The Hall–Kier alpha value is -3.87. The molecular formula is C48H79N3O22. The highest BCUT2D eigenvalue weighted by molar-refractivity contribution is 6.25. The first-order valence-electron chi connectivity index (χ1n) is 24.9. The number of nitrogens with zero attached hydrogens (tertiary/aromatic N) is 1. The number of aliphatic carboxylic acids is 1. The smallest absolute Gasteiger partial charge is 0.305 e. The lowest BCUT2D eigenvalue weighted by atomic mass is 10.0. The van der Waals surface area contributed by atoms with Crippen LogP contribution in [0.2, 0.25) is 0 Å². The van der Waals surface area contributed by atoms with Gasteiger partial charge in [0.2, 0.25) is 11.8 Å². The van der Waals surface area contributed by atoms with Gasteiger partial charge >= 0.3 is 5.97 Å². The van der Waals surface area contributed by atoms with Crippen LogP contribution in [0.15, 0.2) is 18.2 Å². The fourth-order valence-corrected chi connectivity index (χ4v) is 6.48. The minimum Gasteiger partial charge on any atom is -0.481 e. The van der Waals surface area contributed by atoms with E-state index in [1.54, 1.807) is 18.2 Å². The van der Waals surface area contributed by atoms with Crippen LogP contribution in [0, 0.1) is 0 Å². The number of carboxylic acids is 1. The van der Waals surface area contributed by atoms with Gasteiger partial charge in [0, 0.05) is 18.7 Å². The van der Waals surface area contributed by atoms with Crippen LogP contribution >= 0.6 is 0 Å². The fourth-order valence-electron chi connectivity index (χ4n) is 6.48. The van der Waals surface area contributed by atoms with Crippen molar-refractivity contribution in [2.75, 3.05) is 223 Å². The van der Waals surface area contributed by atoms with E-state index < -0.39 is 35.6 Å². The molecule has 25 nitrogen and oxygen atoms in total. The molecule has 25 heteroatoms. The predicted molar refractivity (Wildman–Crippen MR) is 257 cm³/mol. The minimum atomic E-state index is -1.02. The first-order valence-corrected chi connectivity index (χ1v) is 24.9. The van der Waals surface area contributed by atoms with E-state index in [0.717, 1.165) is 4.90 Å². The summed E-state index contributed by atoms with van der Waals surface area (Å²) >= 11 is 0. The maximum atomic E-state index is 13.2. The molecule has 0 aliphatic carbocycles. The summed E-state index contributed by atoms with van der Waals surface area (Å²) in [7, 11) is 0. The molecule has 1 aromatic rings. The second-order valence-electron chi connectivity index (χ2n) is 15.5. The third-order valence-corrected chi connectivity index (χ3v) is 10.1. The summed E-state index contributed by atoms with van der Waals surface area (Å²) in [6.07, 6.45) is 0.143. The Balaban J connectivity index is 0.917. The first-order chi connectivity index (χ1) is 35.9. The zero-order chi connectivity index (χ0) is 52.1. The number of fused-ring (bicyclic) bond motifs is 1. The standard InChI is InChI=1S/C48H79N3O22/c52-43-5-4-42(46(55)50-43)51-47(56)40-2-1-3-41(45(40)48(51)57)49-7-9-59-11-13-61-15-17-63-19-21-65-23-25-67-27-29-69-31-33-71-35-37-73-39-38-72-36-34-70-32-30-68-28-26-66-24-22-64-20-18-62-16-14-60-12-10-58-8-6-44(53)54/h1-3,42,49H,4-39H2,(H,53,54)(H,50,52,55). The molecule has 0 bridgehead atoms. The molecule has 0 spiro atoms. The van der Waals surface area contributed by atoms with Crippen LogP contribution in [0.25, 0.3) is 0 Å². The van der Waals surface area contributed by atoms with E-state index in [-0.39, 0.29) is 37.0 Å². The van der Waals surface area contributed by atoms with Crippen molar-refractivity contribution in [3.8, 4) is 0 Å². The predicted octanol–water partition coefficient (Wildman–Crippen LogP) is 0.240. The number of ether oxygens (including phenoxy) is 16. The van der Waals surface area contributed by atoms with E-state index in [2.05, 4.69) is 10.6 Å². The number of nitrogens with one attached hydrogen (secondary N) is 2. The topological polar surface area (TPSA) is 281 Å². The molecule has 1 fully saturated rings. The monoisotopic (exact) mass is 1050 g/mol. The van der Waals surface area contributed by atoms with Crippen molar-refractivity contribution in [1.82, 2.24) is 10.2 Å². The lowest BCUT2D eigenvalue weighted by Gasteiger charge is -2.27. The van der Waals surface area contributed by atoms with Crippen LogP contribution in [0.3, 0.4) is 0 Å². The highest BCUT2D eigenvalue weighted by Crippen LogP contribution is 2.32. The van der Waals surface area contributed by atoms with Crippen molar-refractivity contribution >= 4 is 35.3 Å². The van der Waals surface area contributed by atoms with E-state index in [9.17, 15) is 24.0 Å². The third kappa shape index (κ3) is 31.6. The van der Waals surface area contributed by atoms with Gasteiger partial charge in [0.25, 0.3) is 11.8 Å². The maximum Gasteiger partial charge on any atom is 0.305 e. The molecule has 3 N–H and O–H groups in total. The second-order valence-corrected chi connectivity index (χ2v) is 15.5. The molecule has 2 aliphatic rings. The fraction of sp³-hybridized carbons (Fsp3) is 0.771.